The summed E-state index contributed by atoms with van der Waals surface area (Å²) in [6.45, 7) is 5.14. The van der Waals surface area contributed by atoms with Crippen LogP contribution in [0.2, 0.25) is 0 Å². The van der Waals surface area contributed by atoms with Crippen molar-refractivity contribution in [1.82, 2.24) is 0 Å². The smallest absolute Gasteiger partial charge is 0.331 e. The maximum Gasteiger partial charge on any atom is 0.331 e. The molecule has 0 aromatic carbocycles. The predicted octanol–water partition coefficient (Wildman–Crippen LogP) is 6.38. The van der Waals surface area contributed by atoms with E-state index in [1.54, 1.807) is 0 Å². The molecule has 0 heterocycles. The Morgan fingerprint density at radius 2 is 1.85 bits per heavy atom. The minimum absolute atomic E-state index is 0.391. The molecular weight excluding hydrogens is 320 g/mol. The summed E-state index contributed by atoms with van der Waals surface area (Å²) in [5.74, 6) is 2.21. The molecule has 2 nitrogen and oxygen atoms in total. The monoisotopic (exact) mass is 356 g/mol. The van der Waals surface area contributed by atoms with Gasteiger partial charge in [-0.1, -0.05) is 51.3 Å². The third-order valence-electron chi connectivity index (χ3n) is 8.76. The number of aliphatic carboxylic acids is 1. The molecule has 1 N–H and O–H groups in total. The van der Waals surface area contributed by atoms with E-state index in [-0.39, 0.29) is 0 Å². The van der Waals surface area contributed by atoms with Gasteiger partial charge in [-0.05, 0) is 85.9 Å². The number of rotatable bonds is 3. The molecule has 0 radical (unpaired) electrons. The van der Waals surface area contributed by atoms with Gasteiger partial charge in [-0.3, -0.25) is 0 Å². The number of hydrogen-bond acceptors (Lipinski definition) is 1. The lowest BCUT2D eigenvalue weighted by molar-refractivity contribution is -0.133. The van der Waals surface area contributed by atoms with Crippen molar-refractivity contribution in [2.24, 2.45) is 34.5 Å². The second kappa shape index (κ2) is 6.84. The summed E-state index contributed by atoms with van der Waals surface area (Å²) < 4.78 is 0. The zero-order valence-electron chi connectivity index (χ0n) is 16.7. The van der Waals surface area contributed by atoms with E-state index in [9.17, 15) is 4.79 Å². The van der Waals surface area contributed by atoms with E-state index in [0.29, 0.717) is 28.2 Å². The maximum atomic E-state index is 10.5. The molecule has 5 aliphatic rings. The summed E-state index contributed by atoms with van der Waals surface area (Å²) in [4.78, 5) is 10.5. The first-order valence-corrected chi connectivity index (χ1v) is 11.1. The van der Waals surface area contributed by atoms with Crippen molar-refractivity contribution < 1.29 is 9.90 Å². The third kappa shape index (κ3) is 3.08. The van der Waals surface area contributed by atoms with Crippen LogP contribution in [0.3, 0.4) is 0 Å². The van der Waals surface area contributed by atoms with Gasteiger partial charge in [-0.15, -0.1) is 0 Å². The van der Waals surface area contributed by atoms with Crippen LogP contribution in [0.15, 0.2) is 23.8 Å². The molecular formula is C24H36O2. The molecule has 4 bridgehead atoms. The van der Waals surface area contributed by atoms with Crippen LogP contribution in [0.4, 0.5) is 0 Å². The predicted molar refractivity (Wildman–Crippen MR) is 106 cm³/mol. The number of allylic oxidation sites excluding steroid dienone is 3. The minimum atomic E-state index is -0.702. The number of hydrogen-bond donors (Lipinski definition) is 1. The van der Waals surface area contributed by atoms with Crippen LogP contribution in [0.25, 0.3) is 0 Å². The Morgan fingerprint density at radius 1 is 1.08 bits per heavy atom. The van der Waals surface area contributed by atoms with Crippen LogP contribution in [0.5, 0.6) is 0 Å². The highest BCUT2D eigenvalue weighted by Crippen LogP contribution is 2.62. The van der Waals surface area contributed by atoms with E-state index in [2.05, 4.69) is 26.0 Å². The van der Waals surface area contributed by atoms with Gasteiger partial charge in [0.2, 0.25) is 0 Å². The third-order valence-corrected chi connectivity index (χ3v) is 8.76. The average Bonchev–Trinajstić information content (AvgIpc) is 3.43. The molecule has 26 heavy (non-hydrogen) atoms. The van der Waals surface area contributed by atoms with Crippen LogP contribution in [0, 0.1) is 34.5 Å². The van der Waals surface area contributed by atoms with Crippen molar-refractivity contribution in [3.05, 3.63) is 23.8 Å². The zero-order chi connectivity index (χ0) is 18.4. The number of carboxylic acids is 1. The normalized spacial score (nSPS) is 38.2. The van der Waals surface area contributed by atoms with Crippen molar-refractivity contribution in [3.63, 3.8) is 0 Å². The van der Waals surface area contributed by atoms with Gasteiger partial charge >= 0.3 is 5.97 Å². The topological polar surface area (TPSA) is 37.3 Å². The molecule has 4 atom stereocenters. The molecule has 0 amide bonds. The first kappa shape index (κ1) is 18.3. The van der Waals surface area contributed by atoms with Gasteiger partial charge in [0.05, 0.1) is 0 Å². The summed E-state index contributed by atoms with van der Waals surface area (Å²) in [7, 11) is 0. The second-order valence-corrected chi connectivity index (χ2v) is 10.3. The molecule has 5 aliphatic carbocycles. The van der Waals surface area contributed by atoms with E-state index in [0.717, 1.165) is 24.7 Å². The van der Waals surface area contributed by atoms with Crippen molar-refractivity contribution in [2.45, 2.75) is 84.5 Å². The lowest BCUT2D eigenvalue weighted by Crippen LogP contribution is -2.40. The van der Waals surface area contributed by atoms with E-state index >= 15 is 0 Å². The molecule has 0 aromatic rings. The molecule has 0 spiro atoms. The van der Waals surface area contributed by atoms with E-state index in [1.807, 2.05) is 6.08 Å². The molecule has 0 aromatic heterocycles. The first-order valence-electron chi connectivity index (χ1n) is 11.1. The second-order valence-electron chi connectivity index (χ2n) is 10.3. The number of fused-ring (bicyclic) bond motifs is 4. The Balaban J connectivity index is 0.000000144. The molecule has 2 heteroatoms. The fourth-order valence-electron chi connectivity index (χ4n) is 6.87. The number of carbonyl (C=O) groups is 1. The summed E-state index contributed by atoms with van der Waals surface area (Å²) in [6.07, 6.45) is 22.3. The Labute approximate surface area is 159 Å². The first-order chi connectivity index (χ1) is 12.4. The minimum Gasteiger partial charge on any atom is -0.478 e. The lowest BCUT2D eigenvalue weighted by atomic mass is 9.56. The highest BCUT2D eigenvalue weighted by molar-refractivity contribution is 5.88. The van der Waals surface area contributed by atoms with E-state index < -0.39 is 5.97 Å². The Hall–Kier alpha value is -1.05. The fourth-order valence-corrected chi connectivity index (χ4v) is 6.87. The van der Waals surface area contributed by atoms with Crippen molar-refractivity contribution >= 4 is 5.97 Å². The lowest BCUT2D eigenvalue weighted by Gasteiger charge is -2.48. The molecule has 0 saturated heterocycles. The van der Waals surface area contributed by atoms with Crippen LogP contribution in [-0.4, -0.2) is 11.1 Å². The summed E-state index contributed by atoms with van der Waals surface area (Å²) in [5, 5.41) is 8.67. The van der Waals surface area contributed by atoms with E-state index in [4.69, 9.17) is 5.11 Å². The van der Waals surface area contributed by atoms with Crippen molar-refractivity contribution in [2.75, 3.05) is 0 Å². The van der Waals surface area contributed by atoms with Crippen LogP contribution in [0.1, 0.15) is 84.5 Å². The fraction of sp³-hybridized carbons (Fsp3) is 0.792. The van der Waals surface area contributed by atoms with Gasteiger partial charge in [0, 0.05) is 5.57 Å². The van der Waals surface area contributed by atoms with Crippen LogP contribution in [-0.2, 0) is 4.79 Å². The molecule has 144 valence electrons. The SMILES string of the molecule is CC(C)(C1CCCCC1)C12C=CC(CC1)C2.O=C(O)C1=CC2CCC1C2. The van der Waals surface area contributed by atoms with Crippen LogP contribution < -0.4 is 0 Å². The molecule has 3 fully saturated rings. The molecule has 0 aliphatic heterocycles. The molecule has 4 unspecified atom stereocenters. The summed E-state index contributed by atoms with van der Waals surface area (Å²) >= 11 is 0. The number of carboxylic acid groups (broad SMARTS) is 1. The maximum absolute atomic E-state index is 10.5. The quantitative estimate of drug-likeness (QED) is 0.596. The molecule has 5 rings (SSSR count). The average molecular weight is 357 g/mol. The van der Waals surface area contributed by atoms with Gasteiger partial charge in [0.15, 0.2) is 0 Å². The van der Waals surface area contributed by atoms with Gasteiger partial charge in [0.25, 0.3) is 0 Å². The van der Waals surface area contributed by atoms with Gasteiger partial charge in [-0.2, -0.15) is 0 Å². The zero-order valence-corrected chi connectivity index (χ0v) is 16.7. The summed E-state index contributed by atoms with van der Waals surface area (Å²) in [6, 6.07) is 0. The standard InChI is InChI=1S/C16H26.C8H10O2/c1-15(2,14-6-4-3-5-7-14)16-10-8-13(12-16)9-11-16;9-8(10)7-4-5-1-2-6(7)3-5/h8,10,13-14H,3-7,9,11-12H2,1-2H3;4-6H,1-3H2,(H,9,10). The van der Waals surface area contributed by atoms with Gasteiger partial charge < -0.3 is 5.11 Å². The Kier molecular flexibility index (Phi) is 4.82. The summed E-state index contributed by atoms with van der Waals surface area (Å²) in [5.41, 5.74) is 1.81. The van der Waals surface area contributed by atoms with Crippen molar-refractivity contribution in [1.29, 1.82) is 0 Å². The van der Waals surface area contributed by atoms with Gasteiger partial charge in [0.1, 0.15) is 0 Å². The van der Waals surface area contributed by atoms with E-state index in [1.165, 1.54) is 57.8 Å². The highest BCUT2D eigenvalue weighted by Gasteiger charge is 2.53. The Morgan fingerprint density at radius 3 is 2.27 bits per heavy atom. The van der Waals surface area contributed by atoms with Gasteiger partial charge in [-0.25, -0.2) is 4.79 Å². The highest BCUT2D eigenvalue weighted by atomic mass is 16.4. The van der Waals surface area contributed by atoms with Crippen molar-refractivity contribution in [3.8, 4) is 0 Å². The largest absolute Gasteiger partial charge is 0.478 e. The van der Waals surface area contributed by atoms with Crippen LogP contribution >= 0.6 is 0 Å². The molecule has 3 saturated carbocycles. The Bertz CT molecular complexity index is 608.